The molecule has 70 valence electrons. The molecule has 0 aliphatic rings. The largest absolute Gasteiger partial charge is 0.289 e. The monoisotopic (exact) mass is 179 g/mol. The highest BCUT2D eigenvalue weighted by Crippen LogP contribution is 2.04. The Morgan fingerprint density at radius 3 is 2.46 bits per heavy atom. The normalized spacial score (nSPS) is 11.8. The molecule has 0 unspecified atom stereocenters. The van der Waals surface area contributed by atoms with Gasteiger partial charge in [-0.25, -0.2) is 4.39 Å². The van der Waals surface area contributed by atoms with Gasteiger partial charge in [-0.2, -0.15) is 0 Å². The van der Waals surface area contributed by atoms with Gasteiger partial charge in [0.1, 0.15) is 5.82 Å². The zero-order chi connectivity index (χ0) is 9.68. The molecule has 0 amide bonds. The van der Waals surface area contributed by atoms with Gasteiger partial charge in [-0.05, 0) is 31.0 Å². The smallest absolute Gasteiger partial charge is 0.123 e. The van der Waals surface area contributed by atoms with Crippen LogP contribution in [0.3, 0.4) is 0 Å². The van der Waals surface area contributed by atoms with Crippen molar-refractivity contribution in [3.63, 3.8) is 0 Å². The molecule has 0 aliphatic heterocycles. The van der Waals surface area contributed by atoms with Gasteiger partial charge in [0.05, 0.1) is 0 Å². The zero-order valence-electron chi connectivity index (χ0n) is 8.05. The zero-order valence-corrected chi connectivity index (χ0v) is 8.05. The second kappa shape index (κ2) is 4.75. The summed E-state index contributed by atoms with van der Waals surface area (Å²) in [5.74, 6) is -0.202. The molecule has 0 fully saturated rings. The van der Waals surface area contributed by atoms with Crippen LogP contribution in [0.5, 0.6) is 0 Å². The van der Waals surface area contributed by atoms with Crippen LogP contribution in [0.2, 0.25) is 0 Å². The summed E-state index contributed by atoms with van der Waals surface area (Å²) in [6.45, 7) is 4.87. The number of halogens is 1. The third-order valence-corrected chi connectivity index (χ3v) is 1.83. The fraction of sp³-hybridized carbons (Fsp3) is 0.364. The molecular formula is C11H14FN. The second-order valence-corrected chi connectivity index (χ2v) is 2.97. The molecule has 0 aliphatic carbocycles. The van der Waals surface area contributed by atoms with Crippen molar-refractivity contribution in [2.24, 2.45) is 4.99 Å². The van der Waals surface area contributed by atoms with E-state index in [9.17, 15) is 4.39 Å². The number of benzene rings is 1. The molecule has 2 heteroatoms. The predicted octanol–water partition coefficient (Wildman–Crippen LogP) is 3.04. The van der Waals surface area contributed by atoms with E-state index in [0.717, 1.165) is 24.2 Å². The van der Waals surface area contributed by atoms with Crippen LogP contribution in [0.25, 0.3) is 0 Å². The fourth-order valence-corrected chi connectivity index (χ4v) is 1.06. The van der Waals surface area contributed by atoms with Crippen molar-refractivity contribution >= 4 is 5.71 Å². The van der Waals surface area contributed by atoms with Crippen molar-refractivity contribution in [3.8, 4) is 0 Å². The van der Waals surface area contributed by atoms with Crippen LogP contribution in [0.15, 0.2) is 29.3 Å². The van der Waals surface area contributed by atoms with Crippen molar-refractivity contribution in [1.82, 2.24) is 0 Å². The summed E-state index contributed by atoms with van der Waals surface area (Å²) in [5, 5.41) is 0. The molecule has 0 saturated heterocycles. The average molecular weight is 179 g/mol. The van der Waals surface area contributed by atoms with Gasteiger partial charge in [0, 0.05) is 12.3 Å². The van der Waals surface area contributed by atoms with Crippen molar-refractivity contribution in [1.29, 1.82) is 0 Å². The topological polar surface area (TPSA) is 12.4 Å². The van der Waals surface area contributed by atoms with Crippen LogP contribution in [0, 0.1) is 5.82 Å². The minimum atomic E-state index is -0.202. The van der Waals surface area contributed by atoms with E-state index in [4.69, 9.17) is 0 Å². The lowest BCUT2D eigenvalue weighted by molar-refractivity contribution is 0.628. The molecule has 13 heavy (non-hydrogen) atoms. The summed E-state index contributed by atoms with van der Waals surface area (Å²) in [4.78, 5) is 4.34. The molecule has 0 N–H and O–H groups in total. The van der Waals surface area contributed by atoms with Crippen molar-refractivity contribution < 1.29 is 4.39 Å². The molecule has 1 aromatic rings. The average Bonchev–Trinajstić information content (AvgIpc) is 2.15. The lowest BCUT2D eigenvalue weighted by Gasteiger charge is -1.99. The Morgan fingerprint density at radius 2 is 1.92 bits per heavy atom. The Balaban J connectivity index is 2.77. The molecule has 1 rings (SSSR count). The quantitative estimate of drug-likeness (QED) is 0.632. The van der Waals surface area contributed by atoms with Crippen molar-refractivity contribution in [2.45, 2.75) is 20.3 Å². The van der Waals surface area contributed by atoms with Gasteiger partial charge in [0.2, 0.25) is 0 Å². The summed E-state index contributed by atoms with van der Waals surface area (Å²) >= 11 is 0. The maximum atomic E-state index is 12.6. The fourth-order valence-electron chi connectivity index (χ4n) is 1.06. The van der Waals surface area contributed by atoms with Gasteiger partial charge < -0.3 is 0 Å². The maximum absolute atomic E-state index is 12.6. The highest BCUT2D eigenvalue weighted by atomic mass is 19.1. The predicted molar refractivity (Wildman–Crippen MR) is 53.8 cm³/mol. The number of hydrogen-bond donors (Lipinski definition) is 0. The first-order valence-corrected chi connectivity index (χ1v) is 4.51. The van der Waals surface area contributed by atoms with E-state index in [0.29, 0.717) is 0 Å². The summed E-state index contributed by atoms with van der Waals surface area (Å²) < 4.78 is 12.6. The Labute approximate surface area is 78.3 Å². The minimum Gasteiger partial charge on any atom is -0.289 e. The first-order valence-electron chi connectivity index (χ1n) is 4.51. The molecule has 0 atom stereocenters. The molecule has 0 aromatic heterocycles. The van der Waals surface area contributed by atoms with Gasteiger partial charge in [-0.1, -0.05) is 19.1 Å². The van der Waals surface area contributed by atoms with Crippen LogP contribution in [0.1, 0.15) is 25.8 Å². The van der Waals surface area contributed by atoms with Gasteiger partial charge >= 0.3 is 0 Å². The van der Waals surface area contributed by atoms with Gasteiger partial charge in [0.25, 0.3) is 0 Å². The standard InChI is InChI=1S/C11H14FN/c1-3-8-13-9(2)10-4-6-11(12)7-5-10/h4-7H,3,8H2,1-2H3. The van der Waals surface area contributed by atoms with E-state index in [1.165, 1.54) is 12.1 Å². The molecule has 0 heterocycles. The van der Waals surface area contributed by atoms with E-state index < -0.39 is 0 Å². The lowest BCUT2D eigenvalue weighted by atomic mass is 10.1. The SMILES string of the molecule is CCCN=C(C)c1ccc(F)cc1. The van der Waals surface area contributed by atoms with Gasteiger partial charge in [-0.3, -0.25) is 4.99 Å². The first-order chi connectivity index (χ1) is 6.24. The van der Waals surface area contributed by atoms with E-state index in [-0.39, 0.29) is 5.82 Å². The maximum Gasteiger partial charge on any atom is 0.123 e. The Hall–Kier alpha value is -1.18. The first kappa shape index (κ1) is 9.90. The molecule has 0 bridgehead atoms. The molecule has 1 aromatic carbocycles. The molecule has 1 nitrogen and oxygen atoms in total. The van der Waals surface area contributed by atoms with Crippen LogP contribution >= 0.6 is 0 Å². The van der Waals surface area contributed by atoms with Crippen LogP contribution < -0.4 is 0 Å². The van der Waals surface area contributed by atoms with Crippen LogP contribution in [0.4, 0.5) is 4.39 Å². The van der Waals surface area contributed by atoms with Gasteiger partial charge in [0.15, 0.2) is 0 Å². The van der Waals surface area contributed by atoms with Crippen LogP contribution in [-0.2, 0) is 0 Å². The third-order valence-electron chi connectivity index (χ3n) is 1.83. The van der Waals surface area contributed by atoms with E-state index in [1.54, 1.807) is 12.1 Å². The summed E-state index contributed by atoms with van der Waals surface area (Å²) in [5.41, 5.74) is 1.97. The number of hydrogen-bond acceptors (Lipinski definition) is 1. The summed E-state index contributed by atoms with van der Waals surface area (Å²) in [6, 6.07) is 6.42. The number of nitrogens with zero attached hydrogens (tertiary/aromatic N) is 1. The molecule has 0 saturated carbocycles. The second-order valence-electron chi connectivity index (χ2n) is 2.97. The summed E-state index contributed by atoms with van der Waals surface area (Å²) in [6.07, 6.45) is 1.04. The van der Waals surface area contributed by atoms with E-state index in [2.05, 4.69) is 11.9 Å². The highest BCUT2D eigenvalue weighted by molar-refractivity contribution is 5.98. The van der Waals surface area contributed by atoms with E-state index >= 15 is 0 Å². The highest BCUT2D eigenvalue weighted by Gasteiger charge is 1.96. The number of rotatable bonds is 3. The summed E-state index contributed by atoms with van der Waals surface area (Å²) in [7, 11) is 0. The Morgan fingerprint density at radius 1 is 1.31 bits per heavy atom. The van der Waals surface area contributed by atoms with Crippen molar-refractivity contribution in [3.05, 3.63) is 35.6 Å². The van der Waals surface area contributed by atoms with Gasteiger partial charge in [-0.15, -0.1) is 0 Å². The number of aliphatic imine (C=N–C) groups is 1. The third kappa shape index (κ3) is 2.98. The Kier molecular flexibility index (Phi) is 3.62. The molecule has 0 spiro atoms. The van der Waals surface area contributed by atoms with Crippen molar-refractivity contribution in [2.75, 3.05) is 6.54 Å². The Bertz CT molecular complexity index is 287. The lowest BCUT2D eigenvalue weighted by Crippen LogP contribution is -1.95. The van der Waals surface area contributed by atoms with Crippen LogP contribution in [-0.4, -0.2) is 12.3 Å². The molecular weight excluding hydrogens is 165 g/mol. The van der Waals surface area contributed by atoms with E-state index in [1.807, 2.05) is 6.92 Å². The minimum absolute atomic E-state index is 0.202. The molecule has 0 radical (unpaired) electrons.